The van der Waals surface area contributed by atoms with Gasteiger partial charge in [0.25, 0.3) is 0 Å². The number of allylic oxidation sites excluding steroid dienone is 3. The minimum atomic E-state index is -0.728. The number of carbonyl (C=O) groups is 2. The van der Waals surface area contributed by atoms with Gasteiger partial charge in [-0.05, 0) is 80.4 Å². The zero-order chi connectivity index (χ0) is 36.4. The molecule has 55 heavy (non-hydrogen) atoms. The summed E-state index contributed by atoms with van der Waals surface area (Å²) in [7, 11) is 0. The Balaban J connectivity index is 1.05. The van der Waals surface area contributed by atoms with E-state index in [1.807, 2.05) is 66.7 Å². The molecule has 3 atom stereocenters. The zero-order valence-corrected chi connectivity index (χ0v) is 30.3. The van der Waals surface area contributed by atoms with Gasteiger partial charge in [0, 0.05) is 43.5 Å². The summed E-state index contributed by atoms with van der Waals surface area (Å²) in [5.41, 5.74) is 13.3. The zero-order valence-electron chi connectivity index (χ0n) is 29.5. The molecule has 4 aliphatic rings. The van der Waals surface area contributed by atoms with Crippen LogP contribution in [-0.4, -0.2) is 16.8 Å². The van der Waals surface area contributed by atoms with Gasteiger partial charge in [0.05, 0.1) is 11.0 Å². The molecule has 1 aromatic heterocycles. The lowest BCUT2D eigenvalue weighted by atomic mass is 9.70. The molecule has 4 heteroatoms. The van der Waals surface area contributed by atoms with Gasteiger partial charge in [-0.25, -0.2) is 0 Å². The molecule has 3 unspecified atom stereocenters. The van der Waals surface area contributed by atoms with Crippen molar-refractivity contribution in [3.05, 3.63) is 220 Å². The quantitative estimate of drug-likeness (QED) is 0.170. The molecule has 12 rings (SSSR count). The van der Waals surface area contributed by atoms with E-state index in [-0.39, 0.29) is 17.5 Å². The Morgan fingerprint density at radius 3 is 1.85 bits per heavy atom. The van der Waals surface area contributed by atoms with Crippen LogP contribution >= 0.6 is 11.8 Å². The maximum absolute atomic E-state index is 14.7. The number of furan rings is 1. The van der Waals surface area contributed by atoms with Crippen LogP contribution in [0.5, 0.6) is 0 Å². The van der Waals surface area contributed by atoms with Gasteiger partial charge in [0.15, 0.2) is 11.6 Å². The van der Waals surface area contributed by atoms with E-state index in [4.69, 9.17) is 4.42 Å². The molecular formula is C51H30O3S. The average Bonchev–Trinajstić information content (AvgIpc) is 3.98. The van der Waals surface area contributed by atoms with E-state index in [0.717, 1.165) is 71.3 Å². The molecule has 258 valence electrons. The maximum atomic E-state index is 14.7. The topological polar surface area (TPSA) is 47.3 Å². The van der Waals surface area contributed by atoms with Gasteiger partial charge < -0.3 is 4.42 Å². The van der Waals surface area contributed by atoms with Gasteiger partial charge in [0.1, 0.15) is 11.2 Å². The van der Waals surface area contributed by atoms with E-state index in [2.05, 4.69) is 103 Å². The number of benzene rings is 7. The minimum Gasteiger partial charge on any atom is -0.455 e. The third-order valence-corrected chi connectivity index (χ3v) is 13.7. The number of hydrogen-bond acceptors (Lipinski definition) is 4. The van der Waals surface area contributed by atoms with Gasteiger partial charge in [0.2, 0.25) is 0 Å². The Bertz CT molecular complexity index is 3070. The molecule has 0 fully saturated rings. The molecule has 0 N–H and O–H groups in total. The first-order valence-electron chi connectivity index (χ1n) is 18.7. The molecule has 0 radical (unpaired) electrons. The highest BCUT2D eigenvalue weighted by Crippen LogP contribution is 2.63. The summed E-state index contributed by atoms with van der Waals surface area (Å²) in [5, 5.41) is 2.22. The fraction of sp³-hybridized carbons (Fsp3) is 0.0588. The van der Waals surface area contributed by atoms with Crippen LogP contribution in [0.15, 0.2) is 179 Å². The number of ketones is 2. The lowest BCUT2D eigenvalue weighted by Crippen LogP contribution is -2.26. The molecule has 3 nitrogen and oxygen atoms in total. The third kappa shape index (κ3) is 4.07. The number of rotatable bonds is 4. The molecule has 7 aromatic carbocycles. The predicted octanol–water partition coefficient (Wildman–Crippen LogP) is 12.1. The van der Waals surface area contributed by atoms with Crippen molar-refractivity contribution in [1.82, 2.24) is 0 Å². The molecule has 8 aromatic rings. The summed E-state index contributed by atoms with van der Waals surface area (Å²) in [6.07, 6.45) is 8.71. The second-order valence-corrected chi connectivity index (χ2v) is 16.1. The normalized spacial score (nSPS) is 19.3. The number of para-hydroxylation sites is 2. The Labute approximate surface area is 321 Å². The van der Waals surface area contributed by atoms with Gasteiger partial charge in [-0.2, -0.15) is 0 Å². The Morgan fingerprint density at radius 2 is 1.11 bits per heavy atom. The van der Waals surface area contributed by atoms with Crippen LogP contribution in [0, 0.1) is 0 Å². The Hall–Kier alpha value is -6.49. The van der Waals surface area contributed by atoms with Crippen molar-refractivity contribution in [3.63, 3.8) is 0 Å². The standard InChI is InChI=1S/C51H30O3S/c52-47(39-17-9-15-37-35-13-3-7-21-45(35)54-49(37)39)29-23-25-33-31-11-1-5-19-41(31)51(43(33)27-29)42-20-6-2-12-32(42)34-26-24-30(28-44(34)51)48(53)40-18-10-16-38-36-14-4-8-22-46(36)55-50(38)40/h1-28,36,46H. The van der Waals surface area contributed by atoms with Crippen LogP contribution in [0.3, 0.4) is 0 Å². The van der Waals surface area contributed by atoms with Crippen LogP contribution in [0.2, 0.25) is 0 Å². The Morgan fingerprint density at radius 1 is 0.527 bits per heavy atom. The van der Waals surface area contributed by atoms with Crippen LogP contribution < -0.4 is 0 Å². The van der Waals surface area contributed by atoms with E-state index in [9.17, 15) is 9.59 Å². The molecule has 3 aliphatic carbocycles. The van der Waals surface area contributed by atoms with E-state index < -0.39 is 5.41 Å². The summed E-state index contributed by atoms with van der Waals surface area (Å²) < 4.78 is 6.32. The van der Waals surface area contributed by atoms with Gasteiger partial charge >= 0.3 is 0 Å². The number of thioether (sulfide) groups is 1. The van der Waals surface area contributed by atoms with Crippen molar-refractivity contribution in [2.75, 3.05) is 0 Å². The van der Waals surface area contributed by atoms with Gasteiger partial charge in [-0.3, -0.25) is 9.59 Å². The lowest BCUT2D eigenvalue weighted by Gasteiger charge is -2.31. The first-order chi connectivity index (χ1) is 27.1. The van der Waals surface area contributed by atoms with E-state index in [1.54, 1.807) is 11.8 Å². The number of carbonyl (C=O) groups excluding carboxylic acids is 2. The number of fused-ring (bicyclic) bond motifs is 16. The molecule has 1 aliphatic heterocycles. The maximum Gasteiger partial charge on any atom is 0.196 e. The molecule has 2 heterocycles. The van der Waals surface area contributed by atoms with E-state index in [1.165, 1.54) is 5.56 Å². The molecule has 0 bridgehead atoms. The summed E-state index contributed by atoms with van der Waals surface area (Å²) >= 11 is 1.79. The summed E-state index contributed by atoms with van der Waals surface area (Å²) in [6, 6.07) is 49.5. The number of hydrogen-bond donors (Lipinski definition) is 0. The lowest BCUT2D eigenvalue weighted by molar-refractivity contribution is 0.103. The van der Waals surface area contributed by atoms with Crippen LogP contribution in [0.25, 0.3) is 44.2 Å². The van der Waals surface area contributed by atoms with Crippen molar-refractivity contribution >= 4 is 45.3 Å². The molecule has 0 amide bonds. The molecule has 0 saturated carbocycles. The second kappa shape index (κ2) is 11.3. The summed E-state index contributed by atoms with van der Waals surface area (Å²) in [4.78, 5) is 30.5. The van der Waals surface area contributed by atoms with Crippen molar-refractivity contribution in [1.29, 1.82) is 0 Å². The smallest absolute Gasteiger partial charge is 0.196 e. The van der Waals surface area contributed by atoms with Gasteiger partial charge in [-0.1, -0.05) is 140 Å². The highest BCUT2D eigenvalue weighted by molar-refractivity contribution is 8.00. The summed E-state index contributed by atoms with van der Waals surface area (Å²) in [6.45, 7) is 0. The molecular weight excluding hydrogens is 693 g/mol. The molecule has 1 spiro atoms. The Kier molecular flexibility index (Phi) is 6.33. The van der Waals surface area contributed by atoms with Crippen molar-refractivity contribution < 1.29 is 14.0 Å². The first kappa shape index (κ1) is 30.9. The van der Waals surface area contributed by atoms with Gasteiger partial charge in [-0.15, -0.1) is 11.8 Å². The summed E-state index contributed by atoms with van der Waals surface area (Å²) in [5.74, 6) is 0.215. The predicted molar refractivity (Wildman–Crippen MR) is 220 cm³/mol. The fourth-order valence-electron chi connectivity index (χ4n) is 9.90. The second-order valence-electron chi connectivity index (χ2n) is 14.9. The highest BCUT2D eigenvalue weighted by atomic mass is 32.2. The SMILES string of the molecule is O=C(c1ccc2c(c1)C1(c3ccccc3-2)c2ccccc2-c2ccc(C(=O)c3cccc4c3oc3ccccc34)cc21)c1cccc2c1SC1C=CC=CC21. The third-order valence-electron chi connectivity index (χ3n) is 12.3. The molecule has 0 saturated heterocycles. The average molecular weight is 723 g/mol. The monoisotopic (exact) mass is 722 g/mol. The largest absolute Gasteiger partial charge is 0.455 e. The van der Waals surface area contributed by atoms with Crippen LogP contribution in [0.1, 0.15) is 65.6 Å². The van der Waals surface area contributed by atoms with Crippen LogP contribution in [0.4, 0.5) is 0 Å². The minimum absolute atomic E-state index is 0.0271. The fourth-order valence-corrected chi connectivity index (χ4v) is 11.4. The first-order valence-corrected chi connectivity index (χ1v) is 19.6. The van der Waals surface area contributed by atoms with E-state index in [0.29, 0.717) is 27.5 Å². The van der Waals surface area contributed by atoms with Crippen molar-refractivity contribution in [2.24, 2.45) is 0 Å². The van der Waals surface area contributed by atoms with Crippen molar-refractivity contribution in [2.45, 2.75) is 21.5 Å². The van der Waals surface area contributed by atoms with Crippen LogP contribution in [-0.2, 0) is 5.41 Å². The highest BCUT2D eigenvalue weighted by Gasteiger charge is 2.52. The van der Waals surface area contributed by atoms with Crippen molar-refractivity contribution in [3.8, 4) is 22.3 Å². The van der Waals surface area contributed by atoms with E-state index >= 15 is 0 Å².